The molecule has 0 aliphatic rings. The quantitative estimate of drug-likeness (QED) is 0.0636. The fourth-order valence-corrected chi connectivity index (χ4v) is 9.47. The molecule has 72 heavy (non-hydrogen) atoms. The average Bonchev–Trinajstić information content (AvgIpc) is 3.42. The zero-order chi connectivity index (χ0) is 49.3. The summed E-state index contributed by atoms with van der Waals surface area (Å²) in [5.41, 5.74) is 14.5. The second-order valence-corrected chi connectivity index (χ2v) is 18.0. The largest absolute Gasteiger partial charge is 0.493 e. The van der Waals surface area contributed by atoms with Gasteiger partial charge in [-0.1, -0.05) is 182 Å². The fourth-order valence-electron chi connectivity index (χ4n) is 9.47. The molecule has 0 saturated carbocycles. The van der Waals surface area contributed by atoms with Gasteiger partial charge in [-0.15, -0.1) is 0 Å². The number of hydrogen-bond donors (Lipinski definition) is 0. The molecule has 0 unspecified atom stereocenters. The molecule has 0 aliphatic heterocycles. The summed E-state index contributed by atoms with van der Waals surface area (Å²) in [4.78, 5) is 7.34. The average molecular weight is 948 g/mol. The summed E-state index contributed by atoms with van der Waals surface area (Å²) in [7, 11) is 0. The molecule has 9 aromatic carbocycles. The molecule has 0 fully saturated rings. The Morgan fingerprint density at radius 3 is 0.847 bits per heavy atom. The van der Waals surface area contributed by atoms with Crippen molar-refractivity contribution in [3.8, 4) is 39.5 Å². The second-order valence-electron chi connectivity index (χ2n) is 18.0. The lowest BCUT2D eigenvalue weighted by Gasteiger charge is -2.31. The highest BCUT2D eigenvalue weighted by molar-refractivity contribution is 5.91. The van der Waals surface area contributed by atoms with Crippen LogP contribution in [0.1, 0.15) is 54.2 Å². The molecule has 0 spiro atoms. The zero-order valence-electron chi connectivity index (χ0n) is 41.9. The van der Waals surface area contributed by atoms with Gasteiger partial charge in [0, 0.05) is 96.8 Å². The predicted molar refractivity (Wildman–Crippen MR) is 299 cm³/mol. The van der Waals surface area contributed by atoms with E-state index in [-0.39, 0.29) is 0 Å². The second kappa shape index (κ2) is 24.6. The van der Waals surface area contributed by atoms with E-state index < -0.39 is 0 Å². The Hall–Kier alpha value is -8.22. The fraction of sp³-hybridized carbons (Fsp3) is 0.182. The molecule has 0 aromatic heterocycles. The summed E-state index contributed by atoms with van der Waals surface area (Å²) in [6.07, 6.45) is 0. The number of hydrogen-bond acceptors (Lipinski definition) is 6. The van der Waals surface area contributed by atoms with Crippen LogP contribution in [0.5, 0.6) is 17.2 Å². The minimum Gasteiger partial charge on any atom is -0.493 e. The molecule has 9 rings (SSSR count). The summed E-state index contributed by atoms with van der Waals surface area (Å²) in [5.74, 6) is 2.40. The van der Waals surface area contributed by atoms with Crippen LogP contribution in [0.25, 0.3) is 22.3 Å². The van der Waals surface area contributed by atoms with Crippen LogP contribution in [0.2, 0.25) is 0 Å². The number of benzene rings is 9. The van der Waals surface area contributed by atoms with Crippen molar-refractivity contribution in [3.63, 3.8) is 0 Å². The lowest BCUT2D eigenvalue weighted by molar-refractivity contribution is 0.336. The minimum absolute atomic E-state index is 0.491. The van der Waals surface area contributed by atoms with Crippen molar-refractivity contribution in [2.45, 2.75) is 60.0 Å². The highest BCUT2D eigenvalue weighted by Crippen LogP contribution is 2.48. The molecule has 362 valence electrons. The van der Waals surface area contributed by atoms with Crippen LogP contribution < -0.4 is 28.9 Å². The normalized spacial score (nSPS) is 10.9. The topological polar surface area (TPSA) is 37.4 Å². The molecule has 0 radical (unpaired) electrons. The number of anilines is 3. The van der Waals surface area contributed by atoms with Gasteiger partial charge in [0.05, 0.1) is 19.8 Å². The molecule has 0 bridgehead atoms. The van der Waals surface area contributed by atoms with E-state index in [1.165, 1.54) is 33.4 Å². The van der Waals surface area contributed by atoms with Gasteiger partial charge in [0.25, 0.3) is 0 Å². The van der Waals surface area contributed by atoms with Crippen LogP contribution in [0.3, 0.4) is 0 Å². The van der Waals surface area contributed by atoms with E-state index in [9.17, 15) is 0 Å². The summed E-state index contributed by atoms with van der Waals surface area (Å²) >= 11 is 0. The number of ether oxygens (including phenoxy) is 3. The highest BCUT2D eigenvalue weighted by atomic mass is 16.5. The van der Waals surface area contributed by atoms with Gasteiger partial charge < -0.3 is 28.9 Å². The van der Waals surface area contributed by atoms with Crippen LogP contribution >= 0.6 is 0 Å². The number of rotatable bonds is 23. The third-order valence-corrected chi connectivity index (χ3v) is 12.9. The van der Waals surface area contributed by atoms with Crippen LogP contribution in [-0.4, -0.2) is 19.8 Å². The molecule has 9 aromatic rings. The SMILES string of the molecule is CCOc1cc(N(Cc2ccccc2)Cc2ccccc2)ccc1-c1cc(-c2ccc(N(Cc3ccccc3)Cc3ccccc3)cc2OCC)c(N(Cc2ccccc2)Cc2ccccc2)cc1OCC. The van der Waals surface area contributed by atoms with E-state index >= 15 is 0 Å². The van der Waals surface area contributed by atoms with Crippen LogP contribution in [0.15, 0.2) is 231 Å². The summed E-state index contributed by atoms with van der Waals surface area (Å²) in [5, 5.41) is 0. The van der Waals surface area contributed by atoms with Gasteiger partial charge in [0.2, 0.25) is 0 Å². The predicted octanol–water partition coefficient (Wildman–Crippen LogP) is 15.8. The highest BCUT2D eigenvalue weighted by Gasteiger charge is 2.25. The Kier molecular flexibility index (Phi) is 16.6. The molecule has 0 atom stereocenters. The first-order chi connectivity index (χ1) is 35.5. The van der Waals surface area contributed by atoms with Crippen molar-refractivity contribution in [2.24, 2.45) is 0 Å². The van der Waals surface area contributed by atoms with E-state index in [4.69, 9.17) is 14.2 Å². The zero-order valence-corrected chi connectivity index (χ0v) is 41.9. The smallest absolute Gasteiger partial charge is 0.129 e. The van der Waals surface area contributed by atoms with Gasteiger partial charge in [-0.05, 0) is 84.5 Å². The molecule has 0 heterocycles. The van der Waals surface area contributed by atoms with Crippen molar-refractivity contribution in [1.29, 1.82) is 0 Å². The Labute approximate surface area is 427 Å². The van der Waals surface area contributed by atoms with E-state index in [0.717, 1.165) is 82.7 Å². The van der Waals surface area contributed by atoms with Crippen LogP contribution in [0.4, 0.5) is 17.1 Å². The molecule has 6 heteroatoms. The molecular formula is C66H65N3O3. The molecule has 0 N–H and O–H groups in total. The maximum Gasteiger partial charge on any atom is 0.129 e. The lowest BCUT2D eigenvalue weighted by atomic mass is 9.93. The molecular weight excluding hydrogens is 883 g/mol. The lowest BCUT2D eigenvalue weighted by Crippen LogP contribution is -2.23. The van der Waals surface area contributed by atoms with Gasteiger partial charge >= 0.3 is 0 Å². The Morgan fingerprint density at radius 1 is 0.264 bits per heavy atom. The first-order valence-electron chi connectivity index (χ1n) is 25.4. The summed E-state index contributed by atoms with van der Waals surface area (Å²) in [6.45, 7) is 12.0. The maximum absolute atomic E-state index is 6.77. The summed E-state index contributed by atoms with van der Waals surface area (Å²) < 4.78 is 20.2. The van der Waals surface area contributed by atoms with Gasteiger partial charge in [-0.2, -0.15) is 0 Å². The van der Waals surface area contributed by atoms with Crippen molar-refractivity contribution >= 4 is 17.1 Å². The summed E-state index contributed by atoms with van der Waals surface area (Å²) in [6, 6.07) is 82.2. The third-order valence-electron chi connectivity index (χ3n) is 12.9. The van der Waals surface area contributed by atoms with E-state index in [1.807, 2.05) is 0 Å². The first-order valence-corrected chi connectivity index (χ1v) is 25.4. The molecule has 0 aliphatic carbocycles. The first kappa shape index (κ1) is 48.8. The van der Waals surface area contributed by atoms with E-state index in [2.05, 4.69) is 266 Å². The van der Waals surface area contributed by atoms with Gasteiger partial charge in [0.15, 0.2) is 0 Å². The monoisotopic (exact) mass is 948 g/mol. The van der Waals surface area contributed by atoms with Crippen LogP contribution in [-0.2, 0) is 39.3 Å². The minimum atomic E-state index is 0.491. The van der Waals surface area contributed by atoms with Gasteiger partial charge in [-0.3, -0.25) is 0 Å². The Morgan fingerprint density at radius 2 is 0.542 bits per heavy atom. The Balaban J connectivity index is 1.23. The van der Waals surface area contributed by atoms with Crippen molar-refractivity contribution in [3.05, 3.63) is 264 Å². The van der Waals surface area contributed by atoms with Crippen molar-refractivity contribution in [2.75, 3.05) is 34.5 Å². The van der Waals surface area contributed by atoms with E-state index in [0.29, 0.717) is 32.9 Å². The molecule has 0 saturated heterocycles. The maximum atomic E-state index is 6.77. The van der Waals surface area contributed by atoms with Crippen LogP contribution in [0, 0.1) is 0 Å². The van der Waals surface area contributed by atoms with E-state index in [1.54, 1.807) is 0 Å². The molecule has 6 nitrogen and oxygen atoms in total. The van der Waals surface area contributed by atoms with Crippen molar-refractivity contribution in [1.82, 2.24) is 0 Å². The van der Waals surface area contributed by atoms with Gasteiger partial charge in [-0.25, -0.2) is 0 Å². The van der Waals surface area contributed by atoms with Crippen molar-refractivity contribution < 1.29 is 14.2 Å². The third kappa shape index (κ3) is 12.6. The number of nitrogens with zero attached hydrogens (tertiary/aromatic N) is 3. The standard InChI is InChI=1S/C66H65N3O3/c1-4-70-64-41-57(67(45-51-25-13-7-14-26-51)46-52-27-15-8-16-28-52)37-39-59(64)61-43-62(66(72-6-3)44-63(61)69(49-55-33-21-11-22-34-55)50-56-35-23-12-24-36-56)60-40-38-58(42-65(60)71-5-2)68(47-53-29-17-9-18-30-53)48-54-31-19-10-20-32-54/h7-44H,4-6,45-50H2,1-3H3. The van der Waals surface area contributed by atoms with Gasteiger partial charge in [0.1, 0.15) is 17.2 Å². The Bertz CT molecular complexity index is 2940. The molecule has 0 amide bonds.